The average molecular weight is 427 g/mol. The Morgan fingerprint density at radius 2 is 2.00 bits per heavy atom. The average Bonchev–Trinajstić information content (AvgIpc) is 3.46. The van der Waals surface area contributed by atoms with Gasteiger partial charge in [0, 0.05) is 37.5 Å². The molecule has 0 aromatic carbocycles. The number of amides is 2. The smallest absolute Gasteiger partial charge is 0.229 e. The van der Waals surface area contributed by atoms with E-state index in [0.29, 0.717) is 42.6 Å². The van der Waals surface area contributed by atoms with Gasteiger partial charge in [0.1, 0.15) is 24.8 Å². The molecule has 30 heavy (non-hydrogen) atoms. The molecule has 0 aliphatic carbocycles. The van der Waals surface area contributed by atoms with Crippen molar-refractivity contribution in [3.05, 3.63) is 36.1 Å². The summed E-state index contributed by atoms with van der Waals surface area (Å²) >= 11 is 1.33. The third-order valence-electron chi connectivity index (χ3n) is 4.88. The Morgan fingerprint density at radius 3 is 2.73 bits per heavy atom. The van der Waals surface area contributed by atoms with Crippen LogP contribution in [-0.2, 0) is 16.0 Å². The molecule has 0 radical (unpaired) electrons. The Balaban J connectivity index is 1.32. The molecular formula is C18H21N9O2S. The van der Waals surface area contributed by atoms with Crippen molar-refractivity contribution in [3.63, 3.8) is 0 Å². The first-order chi connectivity index (χ1) is 14.6. The summed E-state index contributed by atoms with van der Waals surface area (Å²) < 4.78 is 1.58. The van der Waals surface area contributed by atoms with Crippen molar-refractivity contribution in [3.8, 4) is 5.82 Å². The van der Waals surface area contributed by atoms with Crippen LogP contribution < -0.4 is 15.5 Å². The summed E-state index contributed by atoms with van der Waals surface area (Å²) in [5.74, 6) is 1.20. The molecule has 3 aromatic heterocycles. The highest BCUT2D eigenvalue weighted by molar-refractivity contribution is 7.13. The largest absolute Gasteiger partial charge is 0.359 e. The van der Waals surface area contributed by atoms with Crippen LogP contribution in [0.2, 0.25) is 0 Å². The number of nitrogens with one attached hydrogen (secondary N) is 2. The van der Waals surface area contributed by atoms with E-state index in [2.05, 4.69) is 40.6 Å². The maximum atomic E-state index is 12.6. The number of piperidine rings is 1. The second-order valence-electron chi connectivity index (χ2n) is 6.82. The van der Waals surface area contributed by atoms with Gasteiger partial charge in [-0.25, -0.2) is 24.6 Å². The van der Waals surface area contributed by atoms with Crippen molar-refractivity contribution in [2.45, 2.75) is 19.3 Å². The molecule has 4 rings (SSSR count). The number of carbonyl (C=O) groups excluding carboxylic acids is 2. The molecule has 0 saturated carbocycles. The van der Waals surface area contributed by atoms with Gasteiger partial charge in [0.05, 0.1) is 12.1 Å². The molecule has 0 atom stereocenters. The van der Waals surface area contributed by atoms with Crippen LogP contribution in [0.15, 0.2) is 30.4 Å². The molecule has 0 spiro atoms. The van der Waals surface area contributed by atoms with E-state index >= 15 is 0 Å². The molecule has 0 bridgehead atoms. The third kappa shape index (κ3) is 4.59. The van der Waals surface area contributed by atoms with E-state index in [4.69, 9.17) is 0 Å². The Bertz CT molecular complexity index is 1010. The van der Waals surface area contributed by atoms with Crippen molar-refractivity contribution in [1.29, 1.82) is 0 Å². The standard InChI is InChI=1S/C18H21N9O2S/c1-19-16(28)6-13-8-30-18(24-13)25-17(29)12-2-4-26(5-3-12)14-7-15(22-10-21-14)27-11-20-9-23-27/h7-12H,2-6H2,1H3,(H,19,28)(H,24,25,29). The number of hydrogen-bond acceptors (Lipinski definition) is 9. The molecule has 156 valence electrons. The Morgan fingerprint density at radius 1 is 1.20 bits per heavy atom. The second-order valence-corrected chi connectivity index (χ2v) is 7.68. The predicted molar refractivity (Wildman–Crippen MR) is 110 cm³/mol. The van der Waals surface area contributed by atoms with Crippen LogP contribution >= 0.6 is 11.3 Å². The quantitative estimate of drug-likeness (QED) is 0.587. The highest BCUT2D eigenvalue weighted by atomic mass is 32.1. The van der Waals surface area contributed by atoms with Crippen molar-refractivity contribution < 1.29 is 9.59 Å². The summed E-state index contributed by atoms with van der Waals surface area (Å²) in [4.78, 5) is 43.0. The Kier molecular flexibility index (Phi) is 5.93. The maximum absolute atomic E-state index is 12.6. The van der Waals surface area contributed by atoms with Crippen molar-refractivity contribution in [2.75, 3.05) is 30.4 Å². The SMILES string of the molecule is CNC(=O)Cc1csc(NC(=O)C2CCN(c3cc(-n4cncn4)ncn3)CC2)n1. The van der Waals surface area contributed by atoms with Gasteiger partial charge in [-0.15, -0.1) is 11.3 Å². The number of rotatable bonds is 6. The fraction of sp³-hybridized carbons (Fsp3) is 0.389. The minimum Gasteiger partial charge on any atom is -0.359 e. The molecule has 2 N–H and O–H groups in total. The fourth-order valence-corrected chi connectivity index (χ4v) is 3.95. The third-order valence-corrected chi connectivity index (χ3v) is 5.69. The van der Waals surface area contributed by atoms with Gasteiger partial charge in [-0.05, 0) is 12.8 Å². The first kappa shape index (κ1) is 19.9. The van der Waals surface area contributed by atoms with Crippen LogP contribution in [0.4, 0.5) is 10.9 Å². The van der Waals surface area contributed by atoms with Crippen LogP contribution in [0.25, 0.3) is 5.82 Å². The molecule has 1 saturated heterocycles. The normalized spacial score (nSPS) is 14.5. The minimum atomic E-state index is -0.109. The van der Waals surface area contributed by atoms with Crippen LogP contribution in [0.5, 0.6) is 0 Å². The number of thiazole rings is 1. The minimum absolute atomic E-state index is 0.0403. The molecule has 1 aliphatic rings. The number of likely N-dealkylation sites (N-methyl/N-ethyl adjacent to an activating group) is 1. The van der Waals surface area contributed by atoms with Crippen LogP contribution in [0.1, 0.15) is 18.5 Å². The molecule has 3 aromatic rings. The van der Waals surface area contributed by atoms with Gasteiger partial charge in [-0.1, -0.05) is 0 Å². The van der Waals surface area contributed by atoms with E-state index in [1.54, 1.807) is 23.4 Å². The molecule has 1 aliphatic heterocycles. The number of nitrogens with zero attached hydrogens (tertiary/aromatic N) is 7. The van der Waals surface area contributed by atoms with Gasteiger partial charge < -0.3 is 15.5 Å². The molecular weight excluding hydrogens is 406 g/mol. The van der Waals surface area contributed by atoms with E-state index in [0.717, 1.165) is 5.82 Å². The van der Waals surface area contributed by atoms with E-state index in [-0.39, 0.29) is 24.2 Å². The van der Waals surface area contributed by atoms with E-state index in [9.17, 15) is 9.59 Å². The molecule has 1 fully saturated rings. The summed E-state index contributed by atoms with van der Waals surface area (Å²) in [6.45, 7) is 1.43. The zero-order valence-corrected chi connectivity index (χ0v) is 17.2. The Labute approximate surface area is 176 Å². The van der Waals surface area contributed by atoms with E-state index in [1.165, 1.54) is 24.0 Å². The first-order valence-electron chi connectivity index (χ1n) is 9.50. The van der Waals surface area contributed by atoms with Gasteiger partial charge in [-0.2, -0.15) is 5.10 Å². The number of hydrogen-bond donors (Lipinski definition) is 2. The van der Waals surface area contributed by atoms with Crippen LogP contribution in [0, 0.1) is 5.92 Å². The van der Waals surface area contributed by atoms with Gasteiger partial charge in [-0.3, -0.25) is 9.59 Å². The monoisotopic (exact) mass is 427 g/mol. The molecule has 12 heteroatoms. The lowest BCUT2D eigenvalue weighted by molar-refractivity contribution is -0.121. The number of aromatic nitrogens is 6. The summed E-state index contributed by atoms with van der Waals surface area (Å²) in [6.07, 6.45) is 6.17. The van der Waals surface area contributed by atoms with Crippen molar-refractivity contribution in [1.82, 2.24) is 35.0 Å². The van der Waals surface area contributed by atoms with Gasteiger partial charge in [0.2, 0.25) is 11.8 Å². The zero-order chi connectivity index (χ0) is 20.9. The van der Waals surface area contributed by atoms with E-state index in [1.807, 2.05) is 6.07 Å². The summed E-state index contributed by atoms with van der Waals surface area (Å²) in [6, 6.07) is 1.86. The molecule has 2 amide bonds. The molecule has 4 heterocycles. The summed E-state index contributed by atoms with van der Waals surface area (Å²) in [5, 5.41) is 11.8. The van der Waals surface area contributed by atoms with E-state index < -0.39 is 0 Å². The summed E-state index contributed by atoms with van der Waals surface area (Å²) in [7, 11) is 1.58. The highest BCUT2D eigenvalue weighted by Gasteiger charge is 2.26. The fourth-order valence-electron chi connectivity index (χ4n) is 3.24. The van der Waals surface area contributed by atoms with Crippen molar-refractivity contribution >= 4 is 34.1 Å². The lowest BCUT2D eigenvalue weighted by Gasteiger charge is -2.32. The van der Waals surface area contributed by atoms with Crippen LogP contribution in [-0.4, -0.2) is 61.7 Å². The summed E-state index contributed by atoms with van der Waals surface area (Å²) in [5.41, 5.74) is 0.649. The topological polar surface area (TPSA) is 131 Å². The zero-order valence-electron chi connectivity index (χ0n) is 16.4. The van der Waals surface area contributed by atoms with Gasteiger partial charge >= 0.3 is 0 Å². The van der Waals surface area contributed by atoms with Gasteiger partial charge in [0.25, 0.3) is 0 Å². The number of carbonyl (C=O) groups is 2. The van der Waals surface area contributed by atoms with Gasteiger partial charge in [0.15, 0.2) is 10.9 Å². The molecule has 0 unspecified atom stereocenters. The Hall–Kier alpha value is -3.41. The lowest BCUT2D eigenvalue weighted by Crippen LogP contribution is -2.38. The predicted octanol–water partition coefficient (Wildman–Crippen LogP) is 0.657. The number of anilines is 2. The lowest BCUT2D eigenvalue weighted by atomic mass is 9.96. The molecule has 11 nitrogen and oxygen atoms in total. The first-order valence-corrected chi connectivity index (χ1v) is 10.4. The highest BCUT2D eigenvalue weighted by Crippen LogP contribution is 2.24. The van der Waals surface area contributed by atoms with Crippen LogP contribution in [0.3, 0.4) is 0 Å². The van der Waals surface area contributed by atoms with Crippen molar-refractivity contribution in [2.24, 2.45) is 5.92 Å². The maximum Gasteiger partial charge on any atom is 0.229 e. The second kappa shape index (κ2) is 8.95.